The maximum Gasteiger partial charge on any atom is 0.335 e. The molecule has 0 aromatic heterocycles. The summed E-state index contributed by atoms with van der Waals surface area (Å²) in [7, 11) is 7.11. The zero-order chi connectivity index (χ0) is 47.3. The molecule has 0 amide bonds. The van der Waals surface area contributed by atoms with Crippen molar-refractivity contribution in [2.24, 2.45) is 0 Å². The first-order chi connectivity index (χ1) is 30.5. The monoisotopic (exact) mass is 940 g/mol. The fourth-order valence-corrected chi connectivity index (χ4v) is 8.49. The molecule has 28 nitrogen and oxygen atoms in total. The van der Waals surface area contributed by atoms with Gasteiger partial charge in [-0.15, -0.1) is 0 Å². The van der Waals surface area contributed by atoms with Crippen LogP contribution in [0.2, 0.25) is 0 Å². The smallest absolute Gasteiger partial charge is 0.335 e. The minimum Gasteiger partial charge on any atom is -0.479 e. The van der Waals surface area contributed by atoms with Crippen molar-refractivity contribution < 1.29 is 137 Å². The number of methoxy groups -OCH3 is 6. The molecule has 0 saturated carbocycles. The Morgan fingerprint density at radius 1 is 0.375 bits per heavy atom. The summed E-state index contributed by atoms with van der Waals surface area (Å²) >= 11 is 0. The summed E-state index contributed by atoms with van der Waals surface area (Å²) in [6.45, 7) is -2.36. The van der Waals surface area contributed by atoms with Crippen molar-refractivity contribution in [3.05, 3.63) is 0 Å². The molecule has 5 heterocycles. The molecule has 5 saturated heterocycles. The lowest BCUT2D eigenvalue weighted by molar-refractivity contribution is -0.390. The number of aliphatic hydroxyl groups is 9. The number of hydrogen-bond acceptors (Lipinski definition) is 26. The topological polar surface area (TPSA) is 395 Å². The van der Waals surface area contributed by atoms with Crippen molar-refractivity contribution in [1.29, 1.82) is 0 Å². The predicted molar refractivity (Wildman–Crippen MR) is 196 cm³/mol. The second-order valence-corrected chi connectivity index (χ2v) is 15.3. The van der Waals surface area contributed by atoms with E-state index < -0.39 is 185 Å². The molecule has 5 aliphatic rings. The molecule has 28 heteroatoms. The Bertz CT molecular complexity index is 1460. The third-order valence-corrected chi connectivity index (χ3v) is 11.7. The summed E-state index contributed by atoms with van der Waals surface area (Å²) < 4.78 is 84.0. The number of rotatable bonds is 19. The van der Waals surface area contributed by atoms with Gasteiger partial charge in [0.15, 0.2) is 43.7 Å². The van der Waals surface area contributed by atoms with Gasteiger partial charge < -0.3 is 127 Å². The molecule has 0 aromatic rings. The third kappa shape index (κ3) is 10.6. The lowest BCUT2D eigenvalue weighted by Gasteiger charge is -2.50. The van der Waals surface area contributed by atoms with E-state index in [1.807, 2.05) is 0 Å². The molecule has 0 radical (unpaired) electrons. The minimum absolute atomic E-state index is 0.606. The van der Waals surface area contributed by atoms with E-state index >= 15 is 0 Å². The van der Waals surface area contributed by atoms with Gasteiger partial charge in [-0.05, 0) is 0 Å². The van der Waals surface area contributed by atoms with E-state index in [0.29, 0.717) is 0 Å². The number of carbonyl (C=O) groups is 2. The van der Waals surface area contributed by atoms with E-state index in [2.05, 4.69) is 0 Å². The summed E-state index contributed by atoms with van der Waals surface area (Å²) in [5.74, 6) is -3.35. The number of ether oxygens (including phenoxy) is 15. The van der Waals surface area contributed by atoms with E-state index in [4.69, 9.17) is 71.1 Å². The van der Waals surface area contributed by atoms with Gasteiger partial charge >= 0.3 is 11.9 Å². The van der Waals surface area contributed by atoms with Crippen molar-refractivity contribution in [3.63, 3.8) is 0 Å². The standard InChI is InChI=1S/C36H60O28/c1-50-19-11(8-38)58-34(16(43)22(19)52-3)62-26-24(54-5)29(55-6)36(64-28(26)31(47)48)59-18-10(7-37)57-33(14(41)13(18)40)61-25-23(53-4)17(44)35(63-27(25)30(45)46)60-20-12(9-39)56-32(49)15(42)21(20)51-2/h10-29,32-44,49H,7-9H2,1-6H3,(H,45,46)(H,47,48)/t10-,11-,12-,13-,14-,15-,16-,17-,18-,19-,20-,21+,22-,23-,24+,25+,26+,27-,28+,29-,32+,33-,34-,35-,36-/m1/s1. The first kappa shape index (κ1) is 52.9. The van der Waals surface area contributed by atoms with Crippen LogP contribution in [0.4, 0.5) is 0 Å². The number of carboxylic acid groups (broad SMARTS) is 2. The van der Waals surface area contributed by atoms with Crippen molar-refractivity contribution in [3.8, 4) is 0 Å². The highest BCUT2D eigenvalue weighted by molar-refractivity contribution is 5.74. The molecule has 64 heavy (non-hydrogen) atoms. The van der Waals surface area contributed by atoms with Crippen LogP contribution >= 0.6 is 0 Å². The van der Waals surface area contributed by atoms with Crippen LogP contribution in [0.25, 0.3) is 0 Å². The molecule has 11 N–H and O–H groups in total. The van der Waals surface area contributed by atoms with Gasteiger partial charge in [0, 0.05) is 42.7 Å². The molecule has 0 aromatic carbocycles. The highest BCUT2D eigenvalue weighted by Crippen LogP contribution is 2.37. The fraction of sp³-hybridized carbons (Fsp3) is 0.944. The van der Waals surface area contributed by atoms with Gasteiger partial charge in [-0.1, -0.05) is 0 Å². The number of aliphatic hydroxyl groups excluding tert-OH is 9. The first-order valence-corrected chi connectivity index (χ1v) is 19.9. The second kappa shape index (κ2) is 23.3. The van der Waals surface area contributed by atoms with Crippen LogP contribution in [0.5, 0.6) is 0 Å². The number of carboxylic acids is 2. The second-order valence-electron chi connectivity index (χ2n) is 15.3. The molecule has 0 unspecified atom stereocenters. The zero-order valence-electron chi connectivity index (χ0n) is 35.4. The van der Waals surface area contributed by atoms with E-state index in [1.54, 1.807) is 0 Å². The summed E-state index contributed by atoms with van der Waals surface area (Å²) in [6, 6.07) is 0. The maximum atomic E-state index is 12.7. The Hall–Kier alpha value is -2.02. The molecular weight excluding hydrogens is 880 g/mol. The number of aliphatic carboxylic acids is 2. The molecule has 5 rings (SSSR count). The Morgan fingerprint density at radius 2 is 0.734 bits per heavy atom. The Kier molecular flexibility index (Phi) is 19.3. The number of hydrogen-bond donors (Lipinski definition) is 11. The lowest BCUT2D eigenvalue weighted by atomic mass is 9.95. The van der Waals surface area contributed by atoms with E-state index in [-0.39, 0.29) is 0 Å². The van der Waals surface area contributed by atoms with Gasteiger partial charge in [-0.3, -0.25) is 0 Å². The Morgan fingerprint density at radius 3 is 1.20 bits per heavy atom. The van der Waals surface area contributed by atoms with Crippen LogP contribution in [0.1, 0.15) is 0 Å². The highest BCUT2D eigenvalue weighted by Gasteiger charge is 2.59. The fourth-order valence-electron chi connectivity index (χ4n) is 8.49. The van der Waals surface area contributed by atoms with Crippen LogP contribution in [0.15, 0.2) is 0 Å². The van der Waals surface area contributed by atoms with Gasteiger partial charge in [0.2, 0.25) is 0 Å². The van der Waals surface area contributed by atoms with Crippen molar-refractivity contribution in [1.82, 2.24) is 0 Å². The van der Waals surface area contributed by atoms with Crippen LogP contribution in [-0.4, -0.2) is 284 Å². The molecule has 25 atom stereocenters. The Balaban J connectivity index is 1.32. The largest absolute Gasteiger partial charge is 0.479 e. The lowest BCUT2D eigenvalue weighted by Crippen LogP contribution is -2.69. The van der Waals surface area contributed by atoms with Crippen molar-refractivity contribution in [2.75, 3.05) is 62.5 Å². The highest BCUT2D eigenvalue weighted by atomic mass is 16.8. The average molecular weight is 941 g/mol. The molecule has 5 aliphatic heterocycles. The molecule has 0 spiro atoms. The Labute approximate surface area is 364 Å². The summed E-state index contributed by atoms with van der Waals surface area (Å²) in [4.78, 5) is 25.3. The molecule has 5 fully saturated rings. The average Bonchev–Trinajstić information content (AvgIpc) is 3.28. The summed E-state index contributed by atoms with van der Waals surface area (Å²) in [5.41, 5.74) is 0. The molecular formula is C36H60O28. The van der Waals surface area contributed by atoms with E-state index in [9.17, 15) is 65.8 Å². The minimum atomic E-state index is -2.14. The third-order valence-electron chi connectivity index (χ3n) is 11.7. The van der Waals surface area contributed by atoms with Gasteiger partial charge in [0.05, 0.1) is 19.8 Å². The normalized spacial score (nSPS) is 47.9. The van der Waals surface area contributed by atoms with Crippen molar-refractivity contribution >= 4 is 11.9 Å². The van der Waals surface area contributed by atoms with Gasteiger partial charge in [-0.25, -0.2) is 9.59 Å². The molecule has 0 aliphatic carbocycles. The molecule has 372 valence electrons. The van der Waals surface area contributed by atoms with E-state index in [0.717, 1.165) is 14.2 Å². The maximum absolute atomic E-state index is 12.7. The first-order valence-electron chi connectivity index (χ1n) is 19.9. The summed E-state index contributed by atoms with van der Waals surface area (Å²) in [5, 5.41) is 116. The quantitative estimate of drug-likeness (QED) is 0.0573. The SMILES string of the molecule is CO[C@@H]1[C@@H](OC)[C@H](O[C@H]2[C@H](O)[C@@H](O)[C@@H](O[C@H]3[C@H](OC)[C@@H](O)[C@H](O[C@H]4[C@@H](OC)[C@@H](O)[C@@H](O)O[C@@H]4CO)O[C@H]3C(=O)O)O[C@@H]2CO)O[C@H](C(=O)O)[C@H]1O[C@H]1O[C@H](CO)[C@@H](OC)[C@H](OC)[C@H]1O. The van der Waals surface area contributed by atoms with Gasteiger partial charge in [-0.2, -0.15) is 0 Å². The van der Waals surface area contributed by atoms with Crippen LogP contribution in [0.3, 0.4) is 0 Å². The zero-order valence-corrected chi connectivity index (χ0v) is 35.4. The predicted octanol–water partition coefficient (Wildman–Crippen LogP) is -7.82. The van der Waals surface area contributed by atoms with Gasteiger partial charge in [0.25, 0.3) is 0 Å². The van der Waals surface area contributed by atoms with Crippen LogP contribution < -0.4 is 0 Å². The van der Waals surface area contributed by atoms with E-state index in [1.165, 1.54) is 28.4 Å². The summed E-state index contributed by atoms with van der Waals surface area (Å²) in [6.07, 6.45) is -41.4. The molecule has 0 bridgehead atoms. The van der Waals surface area contributed by atoms with Crippen molar-refractivity contribution in [2.45, 2.75) is 154 Å². The van der Waals surface area contributed by atoms with Crippen LogP contribution in [0, 0.1) is 0 Å². The van der Waals surface area contributed by atoms with Gasteiger partial charge in [0.1, 0.15) is 110 Å². The van der Waals surface area contributed by atoms with Crippen LogP contribution in [-0.2, 0) is 80.6 Å².